The number of hydrogen-bond acceptors (Lipinski definition) is 3. The topological polar surface area (TPSA) is 99.3 Å². The van der Waals surface area contributed by atoms with E-state index in [0.717, 1.165) is 17.2 Å². The Balaban J connectivity index is 2.57. The van der Waals surface area contributed by atoms with Gasteiger partial charge in [0.2, 0.25) is 10.0 Å². The fourth-order valence-electron chi connectivity index (χ4n) is 1.72. The molecule has 0 aliphatic heterocycles. The van der Waals surface area contributed by atoms with E-state index in [1.807, 2.05) is 0 Å². The fraction of sp³-hybridized carbons (Fsp3) is 0.182. The Morgan fingerprint density at radius 3 is 2.56 bits per heavy atom. The largest absolute Gasteiger partial charge is 0.477 e. The summed E-state index contributed by atoms with van der Waals surface area (Å²) in [4.78, 5) is 13.5. The molecule has 0 aliphatic carbocycles. The van der Waals surface area contributed by atoms with Crippen LogP contribution in [0.5, 0.6) is 0 Å². The molecule has 2 aromatic rings. The van der Waals surface area contributed by atoms with Crippen molar-refractivity contribution in [2.75, 3.05) is 11.0 Å². The van der Waals surface area contributed by atoms with Crippen molar-refractivity contribution in [3.63, 3.8) is 0 Å². The van der Waals surface area contributed by atoms with E-state index in [0.29, 0.717) is 11.2 Å². The van der Waals surface area contributed by atoms with Gasteiger partial charge in [-0.05, 0) is 30.7 Å². The maximum atomic E-state index is 11.2. The average molecular weight is 268 g/mol. The lowest BCUT2D eigenvalue weighted by Gasteiger charge is -2.07. The first kappa shape index (κ1) is 12.4. The third-order valence-electron chi connectivity index (χ3n) is 2.49. The predicted molar refractivity (Wildman–Crippen MR) is 68.5 cm³/mol. The van der Waals surface area contributed by atoms with E-state index in [1.165, 1.54) is 6.07 Å². The number of aryl methyl sites for hydroxylation is 1. The Bertz CT molecular complexity index is 731. The Kier molecular flexibility index (Phi) is 2.78. The smallest absolute Gasteiger partial charge is 0.352 e. The van der Waals surface area contributed by atoms with E-state index in [2.05, 4.69) is 9.71 Å². The van der Waals surface area contributed by atoms with Gasteiger partial charge in [0.25, 0.3) is 0 Å². The number of aromatic amines is 1. The van der Waals surface area contributed by atoms with E-state index >= 15 is 0 Å². The van der Waals surface area contributed by atoms with Crippen molar-refractivity contribution in [2.24, 2.45) is 0 Å². The monoisotopic (exact) mass is 268 g/mol. The van der Waals surface area contributed by atoms with Gasteiger partial charge in [0, 0.05) is 10.9 Å². The Labute approximate surface area is 104 Å². The lowest BCUT2D eigenvalue weighted by Crippen LogP contribution is -2.10. The van der Waals surface area contributed by atoms with E-state index < -0.39 is 16.0 Å². The van der Waals surface area contributed by atoms with Gasteiger partial charge in [-0.1, -0.05) is 0 Å². The number of carbonyl (C=O) groups is 1. The summed E-state index contributed by atoms with van der Waals surface area (Å²) in [5, 5.41) is 9.59. The molecule has 0 amide bonds. The maximum absolute atomic E-state index is 11.2. The number of sulfonamides is 1. The van der Waals surface area contributed by atoms with Crippen molar-refractivity contribution in [1.29, 1.82) is 0 Å². The Morgan fingerprint density at radius 2 is 2.00 bits per heavy atom. The van der Waals surface area contributed by atoms with E-state index in [4.69, 9.17) is 5.11 Å². The van der Waals surface area contributed by atoms with Gasteiger partial charge in [0.1, 0.15) is 5.69 Å². The minimum Gasteiger partial charge on any atom is -0.477 e. The van der Waals surface area contributed by atoms with Gasteiger partial charge in [-0.25, -0.2) is 13.2 Å². The first-order valence-electron chi connectivity index (χ1n) is 5.11. The second-order valence-electron chi connectivity index (χ2n) is 4.12. The van der Waals surface area contributed by atoms with Gasteiger partial charge >= 0.3 is 5.97 Å². The summed E-state index contributed by atoms with van der Waals surface area (Å²) in [6.45, 7) is 1.75. The number of nitrogens with one attached hydrogen (secondary N) is 2. The molecule has 0 spiro atoms. The standard InChI is InChI=1S/C11H12N2O4S/c1-6-3-7-4-10(11(14)15)12-9(7)5-8(6)13-18(2,16)17/h3-5,12-13H,1-2H3,(H,14,15). The lowest BCUT2D eigenvalue weighted by atomic mass is 10.1. The summed E-state index contributed by atoms with van der Waals surface area (Å²) in [5.41, 5.74) is 1.80. The van der Waals surface area contributed by atoms with Crippen LogP contribution >= 0.6 is 0 Å². The zero-order valence-electron chi connectivity index (χ0n) is 9.81. The van der Waals surface area contributed by atoms with E-state index in [1.54, 1.807) is 19.1 Å². The molecule has 2 rings (SSSR count). The normalized spacial score (nSPS) is 11.7. The van der Waals surface area contributed by atoms with Crippen LogP contribution in [0, 0.1) is 6.92 Å². The molecule has 3 N–H and O–H groups in total. The molecule has 1 aromatic carbocycles. The summed E-state index contributed by atoms with van der Waals surface area (Å²) >= 11 is 0. The highest BCUT2D eigenvalue weighted by atomic mass is 32.2. The molecular weight excluding hydrogens is 256 g/mol. The number of anilines is 1. The zero-order chi connectivity index (χ0) is 13.5. The molecule has 6 nitrogen and oxygen atoms in total. The third-order valence-corrected chi connectivity index (χ3v) is 3.08. The highest BCUT2D eigenvalue weighted by Gasteiger charge is 2.11. The third kappa shape index (κ3) is 2.45. The molecule has 18 heavy (non-hydrogen) atoms. The number of aromatic carboxylic acids is 1. The number of aromatic nitrogens is 1. The second kappa shape index (κ2) is 4.02. The molecule has 0 saturated carbocycles. The van der Waals surface area contributed by atoms with Crippen LogP contribution in [0.15, 0.2) is 18.2 Å². The van der Waals surface area contributed by atoms with Crippen molar-refractivity contribution in [3.05, 3.63) is 29.5 Å². The van der Waals surface area contributed by atoms with Gasteiger partial charge in [0.15, 0.2) is 0 Å². The van der Waals surface area contributed by atoms with Gasteiger partial charge in [-0.3, -0.25) is 4.72 Å². The molecular formula is C11H12N2O4S. The Hall–Kier alpha value is -2.02. The van der Waals surface area contributed by atoms with Crippen LogP contribution in [0.4, 0.5) is 5.69 Å². The number of benzene rings is 1. The van der Waals surface area contributed by atoms with Crippen molar-refractivity contribution < 1.29 is 18.3 Å². The number of rotatable bonds is 3. The quantitative estimate of drug-likeness (QED) is 0.786. The fourth-order valence-corrected chi connectivity index (χ4v) is 2.34. The Morgan fingerprint density at radius 1 is 1.33 bits per heavy atom. The minimum absolute atomic E-state index is 0.0703. The van der Waals surface area contributed by atoms with E-state index in [-0.39, 0.29) is 5.69 Å². The molecule has 0 radical (unpaired) electrons. The summed E-state index contributed by atoms with van der Waals surface area (Å²) < 4.78 is 24.8. The molecule has 1 heterocycles. The van der Waals surface area contributed by atoms with Crippen LogP contribution in [0.1, 0.15) is 16.1 Å². The van der Waals surface area contributed by atoms with Gasteiger partial charge in [-0.2, -0.15) is 0 Å². The van der Waals surface area contributed by atoms with Crippen molar-refractivity contribution >= 4 is 32.6 Å². The van der Waals surface area contributed by atoms with Crippen molar-refractivity contribution in [1.82, 2.24) is 4.98 Å². The second-order valence-corrected chi connectivity index (χ2v) is 5.87. The summed E-state index contributed by atoms with van der Waals surface area (Å²) in [6.07, 6.45) is 1.06. The number of fused-ring (bicyclic) bond motifs is 1. The molecule has 0 aliphatic rings. The molecule has 0 fully saturated rings. The summed E-state index contributed by atoms with van der Waals surface area (Å²) in [6, 6.07) is 4.82. The van der Waals surface area contributed by atoms with Crippen LogP contribution in [0.3, 0.4) is 0 Å². The molecule has 7 heteroatoms. The molecule has 96 valence electrons. The average Bonchev–Trinajstić information content (AvgIpc) is 2.59. The van der Waals surface area contributed by atoms with Crippen LogP contribution < -0.4 is 4.72 Å². The van der Waals surface area contributed by atoms with Gasteiger partial charge in [-0.15, -0.1) is 0 Å². The maximum Gasteiger partial charge on any atom is 0.352 e. The lowest BCUT2D eigenvalue weighted by molar-refractivity contribution is 0.0691. The number of hydrogen-bond donors (Lipinski definition) is 3. The first-order chi connectivity index (χ1) is 8.26. The molecule has 0 unspecified atom stereocenters. The SMILES string of the molecule is Cc1cc2cc(C(=O)O)[nH]c2cc1NS(C)(=O)=O. The van der Waals surface area contributed by atoms with Crippen LogP contribution in [0.2, 0.25) is 0 Å². The van der Waals surface area contributed by atoms with Crippen LogP contribution in [-0.4, -0.2) is 30.7 Å². The number of H-pyrrole nitrogens is 1. The summed E-state index contributed by atoms with van der Waals surface area (Å²) in [5.74, 6) is -1.05. The first-order valence-corrected chi connectivity index (χ1v) is 7.00. The van der Waals surface area contributed by atoms with Crippen molar-refractivity contribution in [2.45, 2.75) is 6.92 Å². The number of carboxylic acids is 1. The highest BCUT2D eigenvalue weighted by Crippen LogP contribution is 2.24. The van der Waals surface area contributed by atoms with Crippen LogP contribution in [0.25, 0.3) is 10.9 Å². The van der Waals surface area contributed by atoms with Gasteiger partial charge < -0.3 is 10.1 Å². The minimum atomic E-state index is -3.36. The predicted octanol–water partition coefficient (Wildman–Crippen LogP) is 1.55. The van der Waals surface area contributed by atoms with Gasteiger partial charge in [0.05, 0.1) is 11.9 Å². The zero-order valence-corrected chi connectivity index (χ0v) is 10.6. The van der Waals surface area contributed by atoms with Crippen LogP contribution in [-0.2, 0) is 10.0 Å². The molecule has 1 aromatic heterocycles. The van der Waals surface area contributed by atoms with E-state index in [9.17, 15) is 13.2 Å². The molecule has 0 atom stereocenters. The molecule has 0 saturated heterocycles. The van der Waals surface area contributed by atoms with Crippen molar-refractivity contribution in [3.8, 4) is 0 Å². The molecule has 0 bridgehead atoms. The highest BCUT2D eigenvalue weighted by molar-refractivity contribution is 7.92. The number of carboxylic acid groups (broad SMARTS) is 1. The summed E-state index contributed by atoms with van der Waals surface area (Å²) in [7, 11) is -3.36.